The molecule has 0 aliphatic heterocycles. The Hall–Kier alpha value is -2.72. The van der Waals surface area contributed by atoms with Crippen LogP contribution in [0.25, 0.3) is 5.57 Å². The molecular weight excluding hydrogens is 298 g/mol. The zero-order valence-electron chi connectivity index (χ0n) is 11.6. The fraction of sp³-hybridized carbons (Fsp3) is 0.333. The summed E-state index contributed by atoms with van der Waals surface area (Å²) in [6.45, 7) is 0.644. The second-order valence-electron chi connectivity index (χ2n) is 4.38. The minimum Gasteiger partial charge on any atom is -0.619 e. The highest BCUT2D eigenvalue weighted by Crippen LogP contribution is 2.26. The zero-order valence-corrected chi connectivity index (χ0v) is 11.6. The van der Waals surface area contributed by atoms with Crippen molar-refractivity contribution >= 4 is 17.2 Å². The summed E-state index contributed by atoms with van der Waals surface area (Å²) < 4.78 is 0.251. The van der Waals surface area contributed by atoms with Crippen LogP contribution in [0.15, 0.2) is 24.2 Å². The summed E-state index contributed by atoms with van der Waals surface area (Å²) in [5.41, 5.74) is -1.36. The molecule has 1 unspecified atom stereocenters. The van der Waals surface area contributed by atoms with Crippen molar-refractivity contribution in [3.05, 3.63) is 45.0 Å². The van der Waals surface area contributed by atoms with E-state index in [4.69, 9.17) is 5.11 Å². The van der Waals surface area contributed by atoms with E-state index >= 15 is 0 Å². The van der Waals surface area contributed by atoms with Gasteiger partial charge in [0, 0.05) is 12.2 Å². The Balaban J connectivity index is 3.34. The van der Waals surface area contributed by atoms with Crippen molar-refractivity contribution in [2.45, 2.75) is 13.0 Å². The van der Waals surface area contributed by atoms with Gasteiger partial charge in [-0.15, -0.1) is 0 Å². The van der Waals surface area contributed by atoms with Crippen LogP contribution in [0.1, 0.15) is 12.5 Å². The smallest absolute Gasteiger partial charge is 0.338 e. The van der Waals surface area contributed by atoms with Gasteiger partial charge in [0.2, 0.25) is 0 Å². The molecule has 10 heteroatoms. The van der Waals surface area contributed by atoms with Crippen LogP contribution in [0.3, 0.4) is 0 Å². The van der Waals surface area contributed by atoms with Crippen LogP contribution in [0.4, 0.5) is 5.69 Å². The number of allylic oxidation sites excluding steroid dienone is 1. The summed E-state index contributed by atoms with van der Waals surface area (Å²) in [6.07, 6.45) is 0.550. The number of hydrogen-bond donors (Lipinski definition) is 4. The lowest BCUT2D eigenvalue weighted by molar-refractivity contribution is -0.606. The number of carbonyl (C=O) groups is 1. The van der Waals surface area contributed by atoms with Crippen LogP contribution in [0.5, 0.6) is 0 Å². The molecule has 22 heavy (non-hydrogen) atoms. The molecule has 4 N–H and O–H groups in total. The normalized spacial score (nSPS) is 13.2. The van der Waals surface area contributed by atoms with E-state index in [2.05, 4.69) is 5.32 Å². The predicted octanol–water partition coefficient (Wildman–Crippen LogP) is -1.01. The molecule has 0 bridgehead atoms. The number of nitro groups is 1. The van der Waals surface area contributed by atoms with Crippen LogP contribution < -0.4 is 10.0 Å². The Bertz CT molecular complexity index is 615. The van der Waals surface area contributed by atoms with Crippen LogP contribution in [-0.4, -0.2) is 45.5 Å². The summed E-state index contributed by atoms with van der Waals surface area (Å²) >= 11 is 0. The number of aromatic nitrogens is 1. The maximum atomic E-state index is 11.4. The Morgan fingerprint density at radius 3 is 2.68 bits per heavy atom. The van der Waals surface area contributed by atoms with Gasteiger partial charge in [-0.05, 0) is 6.92 Å². The summed E-state index contributed by atoms with van der Waals surface area (Å²) in [5, 5.41) is 52.1. The third kappa shape index (κ3) is 4.14. The summed E-state index contributed by atoms with van der Waals surface area (Å²) in [7, 11) is 0. The lowest BCUT2D eigenvalue weighted by Crippen LogP contribution is -2.30. The third-order valence-corrected chi connectivity index (χ3v) is 2.78. The highest BCUT2D eigenvalue weighted by molar-refractivity contribution is 6.17. The average molecular weight is 313 g/mol. The van der Waals surface area contributed by atoms with Crippen molar-refractivity contribution in [2.24, 2.45) is 0 Å². The molecule has 0 saturated carbocycles. The molecule has 0 saturated heterocycles. The molecule has 120 valence electrons. The number of nitrogens with zero attached hydrogens (tertiary/aromatic N) is 2. The third-order valence-electron chi connectivity index (χ3n) is 2.78. The number of aliphatic hydroxyl groups is 2. The summed E-state index contributed by atoms with van der Waals surface area (Å²) in [4.78, 5) is 21.6. The molecule has 0 radical (unpaired) electrons. The molecule has 0 aromatic carbocycles. The van der Waals surface area contributed by atoms with Crippen LogP contribution in [0, 0.1) is 15.3 Å². The minimum absolute atomic E-state index is 0.00861. The first-order valence-electron chi connectivity index (χ1n) is 6.12. The highest BCUT2D eigenvalue weighted by Gasteiger charge is 2.27. The van der Waals surface area contributed by atoms with Crippen molar-refractivity contribution in [1.82, 2.24) is 5.32 Å². The van der Waals surface area contributed by atoms with Crippen molar-refractivity contribution in [1.29, 1.82) is 0 Å². The van der Waals surface area contributed by atoms with E-state index in [0.29, 0.717) is 0 Å². The van der Waals surface area contributed by atoms with E-state index in [1.54, 1.807) is 0 Å². The number of aliphatic carboxylic acids is 1. The van der Waals surface area contributed by atoms with Crippen LogP contribution in [0.2, 0.25) is 0 Å². The van der Waals surface area contributed by atoms with E-state index in [1.165, 1.54) is 6.92 Å². The molecule has 1 aromatic rings. The number of hydrogen-bond acceptors (Lipinski definition) is 7. The molecule has 1 heterocycles. The molecule has 1 atom stereocenters. The molecule has 0 fully saturated rings. The van der Waals surface area contributed by atoms with E-state index < -0.39 is 34.9 Å². The largest absolute Gasteiger partial charge is 0.619 e. The van der Waals surface area contributed by atoms with E-state index in [9.17, 15) is 30.3 Å². The number of pyridine rings is 1. The van der Waals surface area contributed by atoms with Gasteiger partial charge >= 0.3 is 5.97 Å². The fourth-order valence-electron chi connectivity index (χ4n) is 1.72. The number of rotatable bonds is 7. The lowest BCUT2D eigenvalue weighted by Gasteiger charge is -2.13. The molecule has 0 spiro atoms. The zero-order chi connectivity index (χ0) is 16.9. The summed E-state index contributed by atoms with van der Waals surface area (Å²) in [5.74, 6) is -1.47. The first-order chi connectivity index (χ1) is 10.3. The predicted molar refractivity (Wildman–Crippen MR) is 73.4 cm³/mol. The number of carboxylic acids is 1. The van der Waals surface area contributed by atoms with Crippen LogP contribution >= 0.6 is 0 Å². The van der Waals surface area contributed by atoms with E-state index in [-0.39, 0.29) is 22.5 Å². The van der Waals surface area contributed by atoms with Crippen molar-refractivity contribution in [2.75, 3.05) is 13.2 Å². The van der Waals surface area contributed by atoms with E-state index in [1.807, 2.05) is 0 Å². The average Bonchev–Trinajstić information content (AvgIpc) is 2.44. The monoisotopic (exact) mass is 313 g/mol. The molecule has 10 nitrogen and oxygen atoms in total. The van der Waals surface area contributed by atoms with Gasteiger partial charge in [-0.2, -0.15) is 4.73 Å². The molecule has 0 aliphatic carbocycles. The van der Waals surface area contributed by atoms with Gasteiger partial charge in [0.1, 0.15) is 5.56 Å². The highest BCUT2D eigenvalue weighted by atomic mass is 16.6. The SMILES string of the molecule is CC(NCC(O)CO)=C(C(=O)O)c1c[n+]([O-])ccc1[N+](=O)[O-]. The maximum Gasteiger partial charge on any atom is 0.338 e. The number of aliphatic hydroxyl groups excluding tert-OH is 2. The summed E-state index contributed by atoms with van der Waals surface area (Å²) in [6, 6.07) is 0.904. The van der Waals surface area contributed by atoms with Crippen molar-refractivity contribution < 1.29 is 29.8 Å². The Kier molecular flexibility index (Phi) is 5.78. The molecular formula is C12H15N3O7. The minimum atomic E-state index is -1.47. The Morgan fingerprint density at radius 2 is 2.18 bits per heavy atom. The lowest BCUT2D eigenvalue weighted by atomic mass is 10.0. The Labute approximate surface area is 124 Å². The number of carboxylic acid groups (broad SMARTS) is 1. The van der Waals surface area contributed by atoms with Gasteiger partial charge in [-0.25, -0.2) is 4.79 Å². The Morgan fingerprint density at radius 1 is 1.55 bits per heavy atom. The van der Waals surface area contributed by atoms with Gasteiger partial charge in [-0.1, -0.05) is 0 Å². The first kappa shape index (κ1) is 17.3. The van der Waals surface area contributed by atoms with Gasteiger partial charge < -0.3 is 25.8 Å². The molecule has 0 amide bonds. The molecule has 0 aliphatic rings. The molecule has 1 rings (SSSR count). The standard InChI is InChI=1S/C12H15N3O7/c1-7(13-4-8(17)6-16)11(12(18)19)9-5-14(20)3-2-10(9)15(21)22/h2-3,5,8,13,16-17H,4,6H2,1H3,(H,18,19). The second kappa shape index (κ2) is 7.33. The number of nitrogens with one attached hydrogen (secondary N) is 1. The first-order valence-corrected chi connectivity index (χ1v) is 6.12. The topological polar surface area (TPSA) is 160 Å². The van der Waals surface area contributed by atoms with Crippen molar-refractivity contribution in [3.63, 3.8) is 0 Å². The quantitative estimate of drug-likeness (QED) is 0.164. The molecule has 1 aromatic heterocycles. The van der Waals surface area contributed by atoms with E-state index in [0.717, 1.165) is 18.5 Å². The maximum absolute atomic E-state index is 11.4. The van der Waals surface area contributed by atoms with Gasteiger partial charge in [0.25, 0.3) is 5.69 Å². The van der Waals surface area contributed by atoms with Gasteiger partial charge in [0.05, 0.1) is 29.3 Å². The van der Waals surface area contributed by atoms with Gasteiger partial charge in [0.15, 0.2) is 12.4 Å². The second-order valence-corrected chi connectivity index (χ2v) is 4.38. The fourth-order valence-corrected chi connectivity index (χ4v) is 1.72. The van der Waals surface area contributed by atoms with Crippen LogP contribution in [-0.2, 0) is 4.79 Å². The van der Waals surface area contributed by atoms with Crippen molar-refractivity contribution in [3.8, 4) is 0 Å². The van der Waals surface area contributed by atoms with Gasteiger partial charge in [-0.3, -0.25) is 10.1 Å².